The van der Waals surface area contributed by atoms with Crippen LogP contribution in [0.15, 0.2) is 21.9 Å². The molecule has 0 aliphatic carbocycles. The van der Waals surface area contributed by atoms with Gasteiger partial charge in [-0.25, -0.2) is 4.79 Å². The van der Waals surface area contributed by atoms with Gasteiger partial charge in [-0.2, -0.15) is 9.97 Å². The van der Waals surface area contributed by atoms with Gasteiger partial charge >= 0.3 is 5.97 Å². The van der Waals surface area contributed by atoms with Crippen molar-refractivity contribution in [1.82, 2.24) is 9.97 Å². The Morgan fingerprint density at radius 2 is 1.76 bits per heavy atom. The largest absolute Gasteiger partial charge is 0.500 e. The second-order valence-electron chi connectivity index (χ2n) is 3.65. The van der Waals surface area contributed by atoms with Crippen LogP contribution < -0.4 is 9.47 Å². The minimum Gasteiger partial charge on any atom is -0.500 e. The Hall–Kier alpha value is -1.96. The van der Waals surface area contributed by atoms with Gasteiger partial charge in [0.15, 0.2) is 5.16 Å². The van der Waals surface area contributed by atoms with Gasteiger partial charge in [-0.1, -0.05) is 0 Å². The third kappa shape index (κ3) is 4.82. The highest BCUT2D eigenvalue weighted by Gasteiger charge is 2.19. The number of carbonyl (C=O) groups is 1. The summed E-state index contributed by atoms with van der Waals surface area (Å²) in [7, 11) is 4.44. The molecule has 0 radical (unpaired) electrons. The number of nitrogens with zero attached hydrogens (tertiary/aromatic N) is 2. The summed E-state index contributed by atoms with van der Waals surface area (Å²) in [6.07, 6.45) is 0. The lowest BCUT2D eigenvalue weighted by molar-refractivity contribution is -0.137. The fourth-order valence-corrected chi connectivity index (χ4v) is 2.10. The SMILES string of the molecule is CCOC(=O)C(Sc1nc(OC)cc(OC)n1)=C(C)OC. The van der Waals surface area contributed by atoms with Crippen molar-refractivity contribution in [1.29, 1.82) is 0 Å². The van der Waals surface area contributed by atoms with Crippen molar-refractivity contribution in [2.45, 2.75) is 19.0 Å². The molecule has 0 atom stereocenters. The van der Waals surface area contributed by atoms with Gasteiger partial charge < -0.3 is 18.9 Å². The number of hydrogen-bond donors (Lipinski definition) is 0. The Kier molecular flexibility index (Phi) is 6.80. The van der Waals surface area contributed by atoms with Crippen LogP contribution in [0.1, 0.15) is 13.8 Å². The fourth-order valence-electron chi connectivity index (χ4n) is 1.28. The number of allylic oxidation sites excluding steroid dienone is 1. The molecule has 0 spiro atoms. The molecule has 0 aromatic carbocycles. The summed E-state index contributed by atoms with van der Waals surface area (Å²) in [5, 5.41) is 0.297. The number of thioether (sulfide) groups is 1. The summed E-state index contributed by atoms with van der Waals surface area (Å²) in [5.74, 6) is 0.598. The van der Waals surface area contributed by atoms with E-state index in [4.69, 9.17) is 18.9 Å². The number of carbonyl (C=O) groups excluding carboxylic acids is 1. The summed E-state index contributed by atoms with van der Waals surface area (Å²) < 4.78 is 20.2. The predicted molar refractivity (Wildman–Crippen MR) is 77.3 cm³/mol. The molecule has 0 saturated heterocycles. The summed E-state index contributed by atoms with van der Waals surface area (Å²) in [6.45, 7) is 3.66. The lowest BCUT2D eigenvalue weighted by Gasteiger charge is -2.10. The van der Waals surface area contributed by atoms with Crippen molar-refractivity contribution < 1.29 is 23.7 Å². The van der Waals surface area contributed by atoms with Crippen LogP contribution in [0.2, 0.25) is 0 Å². The highest BCUT2D eigenvalue weighted by molar-refractivity contribution is 8.03. The summed E-state index contributed by atoms with van der Waals surface area (Å²) in [5.41, 5.74) is 0. The van der Waals surface area contributed by atoms with E-state index in [0.717, 1.165) is 11.8 Å². The first-order valence-corrected chi connectivity index (χ1v) is 6.94. The Morgan fingerprint density at radius 3 is 2.19 bits per heavy atom. The van der Waals surface area contributed by atoms with Crippen LogP contribution in [-0.2, 0) is 14.3 Å². The van der Waals surface area contributed by atoms with Gasteiger partial charge in [0.25, 0.3) is 0 Å². The van der Waals surface area contributed by atoms with E-state index in [0.29, 0.717) is 22.7 Å². The highest BCUT2D eigenvalue weighted by Crippen LogP contribution is 2.30. The van der Waals surface area contributed by atoms with E-state index in [9.17, 15) is 4.79 Å². The standard InChI is InChI=1S/C13H18N2O5S/c1-6-20-12(16)11(8(2)17-3)21-13-14-9(18-4)7-10(15-13)19-5/h7H,6H2,1-5H3. The van der Waals surface area contributed by atoms with E-state index in [2.05, 4.69) is 9.97 Å². The summed E-state index contributed by atoms with van der Waals surface area (Å²) in [4.78, 5) is 20.5. The van der Waals surface area contributed by atoms with Gasteiger partial charge in [-0.15, -0.1) is 0 Å². The highest BCUT2D eigenvalue weighted by atomic mass is 32.2. The molecule has 0 aliphatic heterocycles. The van der Waals surface area contributed by atoms with Gasteiger partial charge in [0.05, 0.1) is 34.0 Å². The second-order valence-corrected chi connectivity index (χ2v) is 4.62. The van der Waals surface area contributed by atoms with Crippen LogP contribution in [0.25, 0.3) is 0 Å². The molecule has 0 fully saturated rings. The van der Waals surface area contributed by atoms with Gasteiger partial charge in [-0.05, 0) is 25.6 Å². The first-order chi connectivity index (χ1) is 10.0. The van der Waals surface area contributed by atoms with E-state index < -0.39 is 5.97 Å². The average molecular weight is 314 g/mol. The molecular formula is C13H18N2O5S. The van der Waals surface area contributed by atoms with Crippen molar-refractivity contribution in [3.05, 3.63) is 16.7 Å². The Bertz CT molecular complexity index is 511. The predicted octanol–water partition coefficient (Wildman–Crippen LogP) is 2.03. The monoisotopic (exact) mass is 314 g/mol. The van der Waals surface area contributed by atoms with Crippen LogP contribution in [0.4, 0.5) is 0 Å². The number of aromatic nitrogens is 2. The molecule has 0 unspecified atom stereocenters. The topological polar surface area (TPSA) is 79.8 Å². The molecule has 0 aliphatic rings. The quantitative estimate of drug-likeness (QED) is 0.249. The van der Waals surface area contributed by atoms with Crippen molar-refractivity contribution in [3.8, 4) is 11.8 Å². The third-order valence-corrected chi connectivity index (χ3v) is 3.38. The van der Waals surface area contributed by atoms with E-state index in [1.54, 1.807) is 19.9 Å². The van der Waals surface area contributed by atoms with Crippen molar-refractivity contribution in [2.75, 3.05) is 27.9 Å². The van der Waals surface area contributed by atoms with Gasteiger partial charge in [0.1, 0.15) is 10.7 Å². The smallest absolute Gasteiger partial charge is 0.348 e. The lowest BCUT2D eigenvalue weighted by Crippen LogP contribution is -2.09. The van der Waals surface area contributed by atoms with E-state index in [1.807, 2.05) is 0 Å². The Balaban J connectivity index is 3.12. The zero-order valence-electron chi connectivity index (χ0n) is 12.6. The molecule has 0 N–H and O–H groups in total. The van der Waals surface area contributed by atoms with Crippen LogP contribution in [0.3, 0.4) is 0 Å². The lowest BCUT2D eigenvalue weighted by atomic mass is 10.5. The Labute approximate surface area is 127 Å². The first-order valence-electron chi connectivity index (χ1n) is 6.12. The second kappa shape index (κ2) is 8.35. The molecule has 1 heterocycles. The van der Waals surface area contributed by atoms with Gasteiger partial charge in [-0.3, -0.25) is 0 Å². The van der Waals surface area contributed by atoms with Crippen LogP contribution in [0.5, 0.6) is 11.8 Å². The molecule has 8 heteroatoms. The van der Waals surface area contributed by atoms with Crippen LogP contribution in [-0.4, -0.2) is 43.9 Å². The molecule has 116 valence electrons. The molecule has 0 amide bonds. The van der Waals surface area contributed by atoms with Crippen LogP contribution >= 0.6 is 11.8 Å². The average Bonchev–Trinajstić information content (AvgIpc) is 2.51. The van der Waals surface area contributed by atoms with Crippen molar-refractivity contribution in [2.24, 2.45) is 0 Å². The van der Waals surface area contributed by atoms with E-state index in [-0.39, 0.29) is 11.5 Å². The molecule has 0 saturated carbocycles. The maximum atomic E-state index is 12.0. The fraction of sp³-hybridized carbons (Fsp3) is 0.462. The molecule has 1 aromatic rings. The first kappa shape index (κ1) is 17.1. The zero-order valence-corrected chi connectivity index (χ0v) is 13.4. The number of methoxy groups -OCH3 is 3. The number of rotatable bonds is 7. The van der Waals surface area contributed by atoms with E-state index >= 15 is 0 Å². The molecule has 0 bridgehead atoms. The van der Waals surface area contributed by atoms with Crippen LogP contribution in [0, 0.1) is 0 Å². The molecule has 7 nitrogen and oxygen atoms in total. The molecule has 1 aromatic heterocycles. The molecular weight excluding hydrogens is 296 g/mol. The third-order valence-electron chi connectivity index (χ3n) is 2.36. The summed E-state index contributed by atoms with van der Waals surface area (Å²) >= 11 is 1.03. The number of hydrogen-bond acceptors (Lipinski definition) is 8. The van der Waals surface area contributed by atoms with Gasteiger partial charge in [0, 0.05) is 0 Å². The van der Waals surface area contributed by atoms with Crippen molar-refractivity contribution in [3.63, 3.8) is 0 Å². The Morgan fingerprint density at radius 1 is 1.19 bits per heavy atom. The zero-order chi connectivity index (χ0) is 15.8. The number of esters is 1. The minimum atomic E-state index is -0.493. The maximum Gasteiger partial charge on any atom is 0.348 e. The molecule has 1 rings (SSSR count). The van der Waals surface area contributed by atoms with Crippen molar-refractivity contribution >= 4 is 17.7 Å². The number of ether oxygens (including phenoxy) is 4. The normalized spacial score (nSPS) is 11.5. The van der Waals surface area contributed by atoms with Gasteiger partial charge in [0.2, 0.25) is 11.8 Å². The minimum absolute atomic E-state index is 0.266. The molecule has 21 heavy (non-hydrogen) atoms. The van der Waals surface area contributed by atoms with E-state index in [1.165, 1.54) is 21.3 Å². The maximum absolute atomic E-state index is 12.0. The summed E-state index contributed by atoms with van der Waals surface area (Å²) in [6, 6.07) is 1.54.